The number of carboxylic acid groups (broad SMARTS) is 1. The number of aromatic carboxylic acids is 1. The van der Waals surface area contributed by atoms with Crippen molar-refractivity contribution in [3.8, 4) is 17.2 Å². The lowest BCUT2D eigenvalue weighted by Gasteiger charge is -2.10. The maximum atomic E-state index is 11.2. The van der Waals surface area contributed by atoms with Crippen molar-refractivity contribution in [2.24, 2.45) is 0 Å². The van der Waals surface area contributed by atoms with Crippen LogP contribution in [0.1, 0.15) is 10.4 Å². The summed E-state index contributed by atoms with van der Waals surface area (Å²) < 4.78 is 6.70. The van der Waals surface area contributed by atoms with E-state index >= 15 is 0 Å². The molecule has 0 bridgehead atoms. The second-order valence-electron chi connectivity index (χ2n) is 4.41. The van der Waals surface area contributed by atoms with Crippen molar-refractivity contribution in [1.29, 1.82) is 0 Å². The summed E-state index contributed by atoms with van der Waals surface area (Å²) in [6, 6.07) is 8.18. The molecule has 21 heavy (non-hydrogen) atoms. The van der Waals surface area contributed by atoms with Crippen molar-refractivity contribution in [2.75, 3.05) is 7.11 Å². The predicted molar refractivity (Wildman–Crippen MR) is 76.2 cm³/mol. The van der Waals surface area contributed by atoms with Crippen LogP contribution in [-0.2, 0) is 0 Å². The molecule has 6 heteroatoms. The fourth-order valence-corrected chi connectivity index (χ4v) is 2.29. The van der Waals surface area contributed by atoms with Gasteiger partial charge in [-0.3, -0.25) is 4.57 Å². The average molecular weight is 284 g/mol. The zero-order valence-electron chi connectivity index (χ0n) is 11.1. The normalized spacial score (nSPS) is 10.7. The van der Waals surface area contributed by atoms with E-state index in [9.17, 15) is 15.0 Å². The van der Waals surface area contributed by atoms with Crippen molar-refractivity contribution in [3.63, 3.8) is 0 Å². The minimum absolute atomic E-state index is 0.0278. The molecule has 2 aromatic heterocycles. The van der Waals surface area contributed by atoms with Crippen LogP contribution in [0.2, 0.25) is 0 Å². The van der Waals surface area contributed by atoms with Gasteiger partial charge in [0.25, 0.3) is 0 Å². The minimum Gasteiger partial charge on any atom is -0.503 e. The van der Waals surface area contributed by atoms with Crippen molar-refractivity contribution in [1.82, 2.24) is 9.55 Å². The molecule has 6 nitrogen and oxygen atoms in total. The Kier molecular flexibility index (Phi) is 2.98. The molecule has 0 spiro atoms. The van der Waals surface area contributed by atoms with E-state index in [-0.39, 0.29) is 11.3 Å². The molecule has 0 saturated heterocycles. The fraction of sp³-hybridized carbons (Fsp3) is 0.0667. The molecule has 3 aromatic rings. The first-order chi connectivity index (χ1) is 10.1. The lowest BCUT2D eigenvalue weighted by molar-refractivity contribution is 0.0699. The molecule has 2 heterocycles. The Hall–Kier alpha value is -3.02. The van der Waals surface area contributed by atoms with Gasteiger partial charge < -0.3 is 14.9 Å². The number of phenolic OH excluding ortho intramolecular Hbond substituents is 1. The van der Waals surface area contributed by atoms with E-state index in [1.54, 1.807) is 35.0 Å². The van der Waals surface area contributed by atoms with Gasteiger partial charge in [-0.05, 0) is 24.3 Å². The van der Waals surface area contributed by atoms with Crippen LogP contribution in [0.4, 0.5) is 0 Å². The van der Waals surface area contributed by atoms with Gasteiger partial charge in [0, 0.05) is 17.8 Å². The van der Waals surface area contributed by atoms with E-state index in [1.807, 2.05) is 0 Å². The number of hydrogen-bond acceptors (Lipinski definition) is 4. The van der Waals surface area contributed by atoms with Crippen LogP contribution in [0.15, 0.2) is 42.7 Å². The lowest BCUT2D eigenvalue weighted by Crippen LogP contribution is -2.00. The zero-order valence-corrected chi connectivity index (χ0v) is 11.1. The van der Waals surface area contributed by atoms with E-state index < -0.39 is 5.97 Å². The maximum absolute atomic E-state index is 11.2. The number of methoxy groups -OCH3 is 1. The molecule has 106 valence electrons. The van der Waals surface area contributed by atoms with E-state index in [1.165, 1.54) is 19.4 Å². The number of aromatic nitrogens is 2. The zero-order chi connectivity index (χ0) is 15.0. The molecule has 0 aliphatic heterocycles. The van der Waals surface area contributed by atoms with Crippen molar-refractivity contribution in [3.05, 3.63) is 48.3 Å². The molecule has 0 unspecified atom stereocenters. The number of fused-ring (bicyclic) bond motifs is 1. The number of benzene rings is 1. The molecular weight excluding hydrogens is 272 g/mol. The third kappa shape index (κ3) is 1.97. The summed E-state index contributed by atoms with van der Waals surface area (Å²) >= 11 is 0. The van der Waals surface area contributed by atoms with Crippen molar-refractivity contribution < 1.29 is 19.7 Å². The molecule has 2 N–H and O–H groups in total. The highest BCUT2D eigenvalue weighted by atomic mass is 16.5. The highest BCUT2D eigenvalue weighted by Gasteiger charge is 2.15. The summed E-state index contributed by atoms with van der Waals surface area (Å²) in [6.07, 6.45) is 3.10. The molecule has 1 aromatic carbocycles. The van der Waals surface area contributed by atoms with Gasteiger partial charge in [0.05, 0.1) is 18.4 Å². The van der Waals surface area contributed by atoms with Gasteiger partial charge in [0.15, 0.2) is 11.5 Å². The summed E-state index contributed by atoms with van der Waals surface area (Å²) in [5.41, 5.74) is 1.10. The molecule has 0 radical (unpaired) electrons. The number of carbonyl (C=O) groups is 1. The number of aromatic hydroxyl groups is 1. The van der Waals surface area contributed by atoms with Gasteiger partial charge in [-0.1, -0.05) is 6.07 Å². The maximum Gasteiger partial charge on any atom is 0.336 e. The SMILES string of the molecule is COc1cccc(-n2ccc3c(C(=O)O)ccnc32)c1O. The first kappa shape index (κ1) is 13.0. The van der Waals surface area contributed by atoms with Crippen LogP contribution in [0.25, 0.3) is 16.7 Å². The van der Waals surface area contributed by atoms with Crippen LogP contribution in [-0.4, -0.2) is 32.8 Å². The topological polar surface area (TPSA) is 84.6 Å². The Morgan fingerprint density at radius 3 is 2.81 bits per heavy atom. The third-order valence-electron chi connectivity index (χ3n) is 3.28. The minimum atomic E-state index is -1.02. The molecule has 3 rings (SSSR count). The average Bonchev–Trinajstić information content (AvgIpc) is 2.91. The van der Waals surface area contributed by atoms with Gasteiger partial charge in [-0.2, -0.15) is 0 Å². The second-order valence-corrected chi connectivity index (χ2v) is 4.41. The molecule has 0 fully saturated rings. The van der Waals surface area contributed by atoms with Gasteiger partial charge in [-0.15, -0.1) is 0 Å². The first-order valence-electron chi connectivity index (χ1n) is 6.19. The quantitative estimate of drug-likeness (QED) is 0.771. The third-order valence-corrected chi connectivity index (χ3v) is 3.28. The van der Waals surface area contributed by atoms with Crippen LogP contribution >= 0.6 is 0 Å². The van der Waals surface area contributed by atoms with E-state index in [4.69, 9.17) is 4.74 Å². The lowest BCUT2D eigenvalue weighted by atomic mass is 10.2. The van der Waals surface area contributed by atoms with E-state index in [0.717, 1.165) is 0 Å². The Balaban J connectivity index is 2.28. The fourth-order valence-electron chi connectivity index (χ4n) is 2.29. The highest BCUT2D eigenvalue weighted by Crippen LogP contribution is 2.34. The Bertz CT molecular complexity index is 839. The van der Waals surface area contributed by atoms with Gasteiger partial charge in [0.2, 0.25) is 0 Å². The molecule has 0 aliphatic carbocycles. The number of ether oxygens (including phenoxy) is 1. The number of hydrogen-bond donors (Lipinski definition) is 2. The summed E-state index contributed by atoms with van der Waals surface area (Å²) in [4.78, 5) is 15.4. The molecule has 0 atom stereocenters. The molecular formula is C15H12N2O4. The largest absolute Gasteiger partial charge is 0.503 e. The summed E-state index contributed by atoms with van der Waals surface area (Å²) in [6.45, 7) is 0. The Morgan fingerprint density at radius 1 is 1.29 bits per heavy atom. The number of nitrogens with zero attached hydrogens (tertiary/aromatic N) is 2. The Labute approximate surface area is 119 Å². The number of pyridine rings is 1. The highest BCUT2D eigenvalue weighted by molar-refractivity contribution is 6.02. The summed E-state index contributed by atoms with van der Waals surface area (Å²) in [5.74, 6) is -0.709. The van der Waals surface area contributed by atoms with Gasteiger partial charge >= 0.3 is 5.97 Å². The van der Waals surface area contributed by atoms with Crippen molar-refractivity contribution >= 4 is 17.0 Å². The predicted octanol–water partition coefficient (Wildman–Crippen LogP) is 2.44. The van der Waals surface area contributed by atoms with E-state index in [2.05, 4.69) is 4.98 Å². The van der Waals surface area contributed by atoms with Gasteiger partial charge in [-0.25, -0.2) is 9.78 Å². The van der Waals surface area contributed by atoms with Crippen LogP contribution in [0, 0.1) is 0 Å². The second kappa shape index (κ2) is 4.82. The number of rotatable bonds is 3. The summed E-state index contributed by atoms with van der Waals surface area (Å²) in [5, 5.41) is 19.9. The number of phenols is 1. The van der Waals surface area contributed by atoms with Crippen molar-refractivity contribution in [2.45, 2.75) is 0 Å². The monoisotopic (exact) mass is 284 g/mol. The van der Waals surface area contributed by atoms with Gasteiger partial charge in [0.1, 0.15) is 5.65 Å². The standard InChI is InChI=1S/C15H12N2O4/c1-21-12-4-2-3-11(13(12)18)17-8-6-9-10(15(19)20)5-7-16-14(9)17/h2-8,18H,1H3,(H,19,20). The number of carboxylic acids is 1. The Morgan fingerprint density at radius 2 is 2.10 bits per heavy atom. The van der Waals surface area contributed by atoms with E-state index in [0.29, 0.717) is 22.5 Å². The smallest absolute Gasteiger partial charge is 0.336 e. The molecule has 0 saturated carbocycles. The molecule has 0 aliphatic rings. The molecule has 0 amide bonds. The van der Waals surface area contributed by atoms with Crippen LogP contribution in [0.5, 0.6) is 11.5 Å². The van der Waals surface area contributed by atoms with Crippen LogP contribution in [0.3, 0.4) is 0 Å². The van der Waals surface area contributed by atoms with Crippen LogP contribution < -0.4 is 4.74 Å². The first-order valence-corrected chi connectivity index (χ1v) is 6.19. The summed E-state index contributed by atoms with van der Waals surface area (Å²) in [7, 11) is 1.47. The number of para-hydroxylation sites is 1.